The predicted molar refractivity (Wildman–Crippen MR) is 82.7 cm³/mol. The first-order valence-corrected chi connectivity index (χ1v) is 8.31. The molecule has 0 radical (unpaired) electrons. The maximum Gasteiger partial charge on any atom is 0.249 e. The standard InChI is InChI=1S/C11H18N6O2S2/c1-15(2)21(18,19)9-10(12)14-20-11(9)16(3)6-8-5-13-17(4)7-8/h5,7H,6H2,1-4H3,(H2,12,14). The van der Waals surface area contributed by atoms with Crippen LogP contribution < -0.4 is 10.6 Å². The molecule has 2 aromatic rings. The Bertz CT molecular complexity index is 734. The van der Waals surface area contributed by atoms with Gasteiger partial charge >= 0.3 is 0 Å². The van der Waals surface area contributed by atoms with Crippen molar-refractivity contribution in [3.05, 3.63) is 18.0 Å². The predicted octanol–water partition coefficient (Wildman–Crippen LogP) is 0.345. The number of nitrogens with two attached hydrogens (primary N) is 1. The Morgan fingerprint density at radius 2 is 2.05 bits per heavy atom. The molecule has 2 rings (SSSR count). The summed E-state index contributed by atoms with van der Waals surface area (Å²) in [6.07, 6.45) is 3.61. The Morgan fingerprint density at radius 3 is 2.57 bits per heavy atom. The van der Waals surface area contributed by atoms with Gasteiger partial charge in [0.25, 0.3) is 0 Å². The Kier molecular flexibility index (Phi) is 4.21. The van der Waals surface area contributed by atoms with Crippen LogP contribution in [0.5, 0.6) is 0 Å². The highest BCUT2D eigenvalue weighted by Gasteiger charge is 2.29. The summed E-state index contributed by atoms with van der Waals surface area (Å²) in [5.74, 6) is 0.0294. The van der Waals surface area contributed by atoms with Crippen LogP contribution in [-0.4, -0.2) is 48.0 Å². The summed E-state index contributed by atoms with van der Waals surface area (Å²) in [6.45, 7) is 0.519. The van der Waals surface area contributed by atoms with Crippen LogP contribution in [0.2, 0.25) is 0 Å². The highest BCUT2D eigenvalue weighted by Crippen LogP contribution is 2.35. The fourth-order valence-electron chi connectivity index (χ4n) is 1.85. The largest absolute Gasteiger partial charge is 0.382 e. The van der Waals surface area contributed by atoms with Gasteiger partial charge in [0, 0.05) is 46.5 Å². The number of aryl methyl sites for hydroxylation is 1. The molecule has 0 fully saturated rings. The van der Waals surface area contributed by atoms with E-state index in [1.165, 1.54) is 14.1 Å². The second-order valence-corrected chi connectivity index (χ2v) is 7.71. The molecule has 10 heteroatoms. The smallest absolute Gasteiger partial charge is 0.249 e. The Hall–Kier alpha value is -1.65. The van der Waals surface area contributed by atoms with Crippen molar-refractivity contribution in [1.82, 2.24) is 18.5 Å². The number of aromatic nitrogens is 3. The van der Waals surface area contributed by atoms with Crippen molar-refractivity contribution in [1.29, 1.82) is 0 Å². The zero-order chi connectivity index (χ0) is 15.8. The van der Waals surface area contributed by atoms with Crippen molar-refractivity contribution in [2.45, 2.75) is 11.4 Å². The molecule has 8 nitrogen and oxygen atoms in total. The second kappa shape index (κ2) is 5.62. The lowest BCUT2D eigenvalue weighted by Crippen LogP contribution is -2.25. The zero-order valence-electron chi connectivity index (χ0n) is 12.3. The molecule has 0 atom stereocenters. The Balaban J connectivity index is 2.37. The molecule has 116 valence electrons. The van der Waals surface area contributed by atoms with Crippen LogP contribution in [0.1, 0.15) is 5.56 Å². The summed E-state index contributed by atoms with van der Waals surface area (Å²) >= 11 is 1.07. The summed E-state index contributed by atoms with van der Waals surface area (Å²) in [5.41, 5.74) is 6.72. The first kappa shape index (κ1) is 15.7. The molecule has 2 heterocycles. The van der Waals surface area contributed by atoms with Gasteiger partial charge in [-0.3, -0.25) is 4.68 Å². The molecule has 0 aliphatic rings. The van der Waals surface area contributed by atoms with Gasteiger partial charge < -0.3 is 10.6 Å². The average molecular weight is 330 g/mol. The maximum atomic E-state index is 12.4. The van der Waals surface area contributed by atoms with Crippen LogP contribution in [0, 0.1) is 0 Å². The van der Waals surface area contributed by atoms with Crippen LogP contribution in [0.25, 0.3) is 0 Å². The first-order valence-electron chi connectivity index (χ1n) is 6.10. The van der Waals surface area contributed by atoms with E-state index < -0.39 is 10.0 Å². The van der Waals surface area contributed by atoms with Gasteiger partial charge in [0.1, 0.15) is 5.00 Å². The van der Waals surface area contributed by atoms with Gasteiger partial charge in [0.2, 0.25) is 10.0 Å². The van der Waals surface area contributed by atoms with E-state index in [0.29, 0.717) is 11.5 Å². The minimum absolute atomic E-state index is 0.0294. The highest BCUT2D eigenvalue weighted by atomic mass is 32.2. The molecule has 0 unspecified atom stereocenters. The van der Waals surface area contributed by atoms with Crippen molar-refractivity contribution >= 4 is 32.4 Å². The SMILES string of the molecule is CN(Cc1cnn(C)c1)c1snc(N)c1S(=O)(=O)N(C)C. The summed E-state index contributed by atoms with van der Waals surface area (Å²) in [7, 11) is 2.94. The fraction of sp³-hybridized carbons (Fsp3) is 0.455. The molecule has 0 spiro atoms. The van der Waals surface area contributed by atoms with E-state index in [9.17, 15) is 8.42 Å². The average Bonchev–Trinajstić information content (AvgIpc) is 2.95. The van der Waals surface area contributed by atoms with Crippen molar-refractivity contribution in [3.8, 4) is 0 Å². The monoisotopic (exact) mass is 330 g/mol. The minimum atomic E-state index is -3.63. The number of nitrogen functional groups attached to an aromatic ring is 1. The van der Waals surface area contributed by atoms with Crippen molar-refractivity contribution in [2.75, 3.05) is 31.8 Å². The molecule has 0 saturated heterocycles. The summed E-state index contributed by atoms with van der Waals surface area (Å²) in [5, 5.41) is 4.61. The van der Waals surface area contributed by atoms with Gasteiger partial charge in [0.05, 0.1) is 6.20 Å². The van der Waals surface area contributed by atoms with Gasteiger partial charge in [0.15, 0.2) is 10.7 Å². The summed E-state index contributed by atoms with van der Waals surface area (Å²) in [4.78, 5) is 1.87. The van der Waals surface area contributed by atoms with Gasteiger partial charge in [-0.05, 0) is 11.5 Å². The van der Waals surface area contributed by atoms with Crippen molar-refractivity contribution in [3.63, 3.8) is 0 Å². The van der Waals surface area contributed by atoms with Crippen LogP contribution in [-0.2, 0) is 23.6 Å². The summed E-state index contributed by atoms with van der Waals surface area (Å²) < 4.78 is 31.5. The molecular weight excluding hydrogens is 312 g/mol. The first-order chi connectivity index (χ1) is 9.73. The third kappa shape index (κ3) is 3.01. The van der Waals surface area contributed by atoms with Crippen LogP contribution in [0.4, 0.5) is 10.8 Å². The van der Waals surface area contributed by atoms with E-state index in [1.807, 2.05) is 13.2 Å². The number of sulfonamides is 1. The number of anilines is 2. The normalized spacial score (nSPS) is 12.0. The van der Waals surface area contributed by atoms with Crippen LogP contribution in [0.15, 0.2) is 17.3 Å². The summed E-state index contributed by atoms with van der Waals surface area (Å²) in [6, 6.07) is 0. The van der Waals surface area contributed by atoms with Crippen LogP contribution >= 0.6 is 11.5 Å². The third-order valence-electron chi connectivity index (χ3n) is 2.92. The van der Waals surface area contributed by atoms with E-state index in [4.69, 9.17) is 5.73 Å². The van der Waals surface area contributed by atoms with E-state index in [1.54, 1.807) is 22.8 Å². The molecule has 0 amide bonds. The van der Waals surface area contributed by atoms with Crippen LogP contribution in [0.3, 0.4) is 0 Å². The van der Waals surface area contributed by atoms with Gasteiger partial charge in [-0.25, -0.2) is 12.7 Å². The molecule has 2 aromatic heterocycles. The van der Waals surface area contributed by atoms with Gasteiger partial charge in [-0.2, -0.15) is 9.47 Å². The molecule has 0 saturated carbocycles. The third-order valence-corrected chi connectivity index (χ3v) is 5.91. The second-order valence-electron chi connectivity index (χ2n) is 4.87. The number of rotatable bonds is 5. The molecule has 0 aliphatic carbocycles. The van der Waals surface area contributed by atoms with Gasteiger partial charge in [-0.15, -0.1) is 0 Å². The van der Waals surface area contributed by atoms with E-state index in [2.05, 4.69) is 9.47 Å². The maximum absolute atomic E-state index is 12.4. The molecular formula is C11H18N6O2S2. The Labute approximate surface area is 128 Å². The quantitative estimate of drug-likeness (QED) is 0.849. The number of nitrogens with zero attached hydrogens (tertiary/aromatic N) is 5. The number of hydrogen-bond donors (Lipinski definition) is 1. The van der Waals surface area contributed by atoms with Crippen molar-refractivity contribution in [2.24, 2.45) is 7.05 Å². The minimum Gasteiger partial charge on any atom is -0.382 e. The fourth-order valence-corrected chi connectivity index (χ4v) is 4.06. The Morgan fingerprint density at radius 1 is 1.38 bits per heavy atom. The lowest BCUT2D eigenvalue weighted by atomic mass is 10.3. The lowest BCUT2D eigenvalue weighted by molar-refractivity contribution is 0.521. The van der Waals surface area contributed by atoms with Crippen molar-refractivity contribution < 1.29 is 8.42 Å². The molecule has 2 N–H and O–H groups in total. The topological polar surface area (TPSA) is 97.3 Å². The lowest BCUT2D eigenvalue weighted by Gasteiger charge is -2.19. The molecule has 0 bridgehead atoms. The van der Waals surface area contributed by atoms with Gasteiger partial charge in [-0.1, -0.05) is 0 Å². The van der Waals surface area contributed by atoms with E-state index in [0.717, 1.165) is 21.4 Å². The van der Waals surface area contributed by atoms with E-state index in [-0.39, 0.29) is 10.7 Å². The molecule has 21 heavy (non-hydrogen) atoms. The molecule has 0 aliphatic heterocycles. The number of hydrogen-bond acceptors (Lipinski definition) is 7. The van der Waals surface area contributed by atoms with E-state index >= 15 is 0 Å². The highest BCUT2D eigenvalue weighted by molar-refractivity contribution is 7.89. The zero-order valence-corrected chi connectivity index (χ0v) is 13.9. The molecule has 0 aromatic carbocycles.